The van der Waals surface area contributed by atoms with Crippen molar-refractivity contribution in [2.45, 2.75) is 100 Å². The number of rotatable bonds is 10. The van der Waals surface area contributed by atoms with E-state index in [4.69, 9.17) is 9.47 Å². The number of hydrogen-bond acceptors (Lipinski definition) is 8. The number of aliphatic hydroxyl groups is 2. The molecular weight excluding hydrogens is 540 g/mol. The predicted octanol–water partition coefficient (Wildman–Crippen LogP) is 5.71. The standard InChI is InChI=1S/2C16H25NO2S/c2*1-16(2,3)17-10-13(18)11-19-14-8-4-6-12-7-5-9-20-15(12)14/h2*4,6,8,13,17-18H,5,7,9-11H2,1-3H3. The van der Waals surface area contributed by atoms with Crippen LogP contribution in [0.3, 0.4) is 0 Å². The SMILES string of the molecule is CC(C)(C)NCC(O)COc1cccc2c1SCCC2.CC(C)(C)NCC(O)COc1cccc2c1SCCC2. The van der Waals surface area contributed by atoms with E-state index >= 15 is 0 Å². The minimum Gasteiger partial charge on any atom is -0.490 e. The summed E-state index contributed by atoms with van der Waals surface area (Å²) in [5.41, 5.74) is 2.79. The van der Waals surface area contributed by atoms with E-state index in [1.165, 1.54) is 33.8 Å². The summed E-state index contributed by atoms with van der Waals surface area (Å²) in [4.78, 5) is 2.52. The molecule has 0 aromatic heterocycles. The number of nitrogens with one attached hydrogen (secondary N) is 2. The Bertz CT molecular complexity index is 969. The average Bonchev–Trinajstić information content (AvgIpc) is 2.92. The van der Waals surface area contributed by atoms with Crippen molar-refractivity contribution in [1.29, 1.82) is 0 Å². The summed E-state index contributed by atoms with van der Waals surface area (Å²) < 4.78 is 11.6. The molecule has 224 valence electrons. The van der Waals surface area contributed by atoms with E-state index < -0.39 is 12.2 Å². The topological polar surface area (TPSA) is 83.0 Å². The highest BCUT2D eigenvalue weighted by Crippen LogP contribution is 2.38. The maximum atomic E-state index is 9.98. The van der Waals surface area contributed by atoms with E-state index in [2.05, 4.69) is 64.3 Å². The maximum Gasteiger partial charge on any atom is 0.133 e. The zero-order valence-corrected chi connectivity index (χ0v) is 26.9. The molecule has 0 spiro atoms. The fourth-order valence-corrected chi connectivity index (χ4v) is 6.52. The zero-order chi connectivity index (χ0) is 29.2. The molecule has 2 aromatic carbocycles. The van der Waals surface area contributed by atoms with Gasteiger partial charge in [0.15, 0.2) is 0 Å². The summed E-state index contributed by atoms with van der Waals surface area (Å²) in [6.45, 7) is 14.3. The highest BCUT2D eigenvalue weighted by atomic mass is 32.2. The van der Waals surface area contributed by atoms with E-state index in [1.807, 2.05) is 47.8 Å². The number of benzene rings is 2. The van der Waals surface area contributed by atoms with Crippen LogP contribution in [0, 0.1) is 0 Å². The van der Waals surface area contributed by atoms with Gasteiger partial charge in [-0.25, -0.2) is 0 Å². The zero-order valence-electron chi connectivity index (χ0n) is 25.2. The van der Waals surface area contributed by atoms with Crippen molar-refractivity contribution in [3.05, 3.63) is 47.5 Å². The van der Waals surface area contributed by atoms with Gasteiger partial charge in [0.25, 0.3) is 0 Å². The molecule has 2 atom stereocenters. The Kier molecular flexibility index (Phi) is 13.0. The molecule has 2 heterocycles. The normalized spacial score (nSPS) is 16.6. The van der Waals surface area contributed by atoms with E-state index in [0.29, 0.717) is 26.3 Å². The first kappa shape index (κ1) is 33.1. The van der Waals surface area contributed by atoms with Crippen molar-refractivity contribution in [3.8, 4) is 11.5 Å². The minimum atomic E-state index is -0.487. The molecule has 0 bridgehead atoms. The molecule has 0 fully saturated rings. The van der Waals surface area contributed by atoms with Gasteiger partial charge in [-0.3, -0.25) is 0 Å². The highest BCUT2D eigenvalue weighted by Gasteiger charge is 2.18. The second kappa shape index (κ2) is 15.7. The van der Waals surface area contributed by atoms with Crippen LogP contribution in [0.4, 0.5) is 0 Å². The Hall–Kier alpha value is -1.42. The fraction of sp³-hybridized carbons (Fsp3) is 0.625. The van der Waals surface area contributed by atoms with Crippen molar-refractivity contribution < 1.29 is 19.7 Å². The van der Waals surface area contributed by atoms with Gasteiger partial charge in [0.05, 0.1) is 9.79 Å². The summed E-state index contributed by atoms with van der Waals surface area (Å²) in [6.07, 6.45) is 3.76. The van der Waals surface area contributed by atoms with Crippen LogP contribution >= 0.6 is 23.5 Å². The van der Waals surface area contributed by atoms with Crippen LogP contribution in [0.15, 0.2) is 46.2 Å². The third-order valence-corrected chi connectivity index (χ3v) is 8.88. The van der Waals surface area contributed by atoms with Crippen molar-refractivity contribution in [3.63, 3.8) is 0 Å². The molecule has 0 saturated carbocycles. The van der Waals surface area contributed by atoms with Crippen LogP contribution in [0.5, 0.6) is 11.5 Å². The molecule has 2 unspecified atom stereocenters. The lowest BCUT2D eigenvalue weighted by Crippen LogP contribution is -2.42. The van der Waals surface area contributed by atoms with Gasteiger partial charge in [-0.2, -0.15) is 0 Å². The van der Waals surface area contributed by atoms with Crippen LogP contribution in [0.25, 0.3) is 0 Å². The quantitative estimate of drug-likeness (QED) is 0.280. The second-order valence-corrected chi connectivity index (χ2v) is 14.8. The molecule has 6 nitrogen and oxygen atoms in total. The van der Waals surface area contributed by atoms with Crippen LogP contribution in [-0.4, -0.2) is 71.3 Å². The Morgan fingerprint density at radius 1 is 0.700 bits per heavy atom. The molecule has 8 heteroatoms. The predicted molar refractivity (Wildman–Crippen MR) is 169 cm³/mol. The summed E-state index contributed by atoms with van der Waals surface area (Å²) in [5.74, 6) is 4.15. The van der Waals surface area contributed by atoms with Crippen molar-refractivity contribution in [2.75, 3.05) is 37.8 Å². The van der Waals surface area contributed by atoms with Gasteiger partial charge < -0.3 is 30.3 Å². The lowest BCUT2D eigenvalue weighted by atomic mass is 10.1. The first-order valence-electron chi connectivity index (χ1n) is 14.5. The van der Waals surface area contributed by atoms with E-state index in [9.17, 15) is 10.2 Å². The molecular formula is C32H50N2O4S2. The first-order chi connectivity index (χ1) is 18.9. The van der Waals surface area contributed by atoms with E-state index in [0.717, 1.165) is 35.8 Å². The summed E-state index contributed by atoms with van der Waals surface area (Å²) in [5, 5.41) is 26.5. The minimum absolute atomic E-state index is 0.0166. The van der Waals surface area contributed by atoms with Crippen LogP contribution < -0.4 is 20.1 Å². The first-order valence-corrected chi connectivity index (χ1v) is 16.5. The number of aliphatic hydroxyl groups excluding tert-OH is 2. The molecule has 0 saturated heterocycles. The van der Waals surface area contributed by atoms with Gasteiger partial charge in [-0.1, -0.05) is 24.3 Å². The number of aryl methyl sites for hydroxylation is 2. The summed E-state index contributed by atoms with van der Waals surface area (Å²) in [6, 6.07) is 12.4. The van der Waals surface area contributed by atoms with Gasteiger partial charge in [0.2, 0.25) is 0 Å². The number of fused-ring (bicyclic) bond motifs is 2. The number of ether oxygens (including phenoxy) is 2. The van der Waals surface area contributed by atoms with Crippen LogP contribution in [0.2, 0.25) is 0 Å². The Labute approximate surface area is 250 Å². The van der Waals surface area contributed by atoms with Crippen LogP contribution in [-0.2, 0) is 12.8 Å². The number of β-amino-alcohol motifs (C(OH)–C–C–N with tert-alkyl or cyclic N) is 2. The Balaban J connectivity index is 0.000000220. The molecule has 0 aliphatic carbocycles. The lowest BCUT2D eigenvalue weighted by molar-refractivity contribution is 0.0985. The Morgan fingerprint density at radius 3 is 1.48 bits per heavy atom. The molecule has 4 N–H and O–H groups in total. The molecule has 0 amide bonds. The third kappa shape index (κ3) is 11.8. The van der Waals surface area contributed by atoms with Gasteiger partial charge >= 0.3 is 0 Å². The van der Waals surface area contributed by atoms with Gasteiger partial charge in [-0.05, 0) is 102 Å². The number of hydrogen-bond donors (Lipinski definition) is 4. The highest BCUT2D eigenvalue weighted by molar-refractivity contribution is 7.99. The Morgan fingerprint density at radius 2 is 1.10 bits per heavy atom. The summed E-state index contributed by atoms with van der Waals surface area (Å²) >= 11 is 3.72. The fourth-order valence-electron chi connectivity index (χ4n) is 4.28. The van der Waals surface area contributed by atoms with E-state index in [-0.39, 0.29) is 11.1 Å². The average molecular weight is 591 g/mol. The number of thioether (sulfide) groups is 2. The largest absolute Gasteiger partial charge is 0.490 e. The van der Waals surface area contributed by atoms with E-state index in [1.54, 1.807) is 0 Å². The second-order valence-electron chi connectivity index (χ2n) is 12.6. The molecule has 2 aliphatic heterocycles. The molecule has 4 rings (SSSR count). The van der Waals surface area contributed by atoms with Gasteiger partial charge in [-0.15, -0.1) is 23.5 Å². The van der Waals surface area contributed by atoms with Gasteiger partial charge in [0, 0.05) is 24.2 Å². The van der Waals surface area contributed by atoms with Gasteiger partial charge in [0.1, 0.15) is 36.9 Å². The van der Waals surface area contributed by atoms with Crippen molar-refractivity contribution in [2.24, 2.45) is 0 Å². The molecule has 2 aliphatic rings. The maximum absolute atomic E-state index is 9.98. The lowest BCUT2D eigenvalue weighted by Gasteiger charge is -2.24. The van der Waals surface area contributed by atoms with Crippen molar-refractivity contribution >= 4 is 23.5 Å². The monoisotopic (exact) mass is 590 g/mol. The third-order valence-electron chi connectivity index (χ3n) is 6.39. The molecule has 0 radical (unpaired) electrons. The molecule has 2 aromatic rings. The molecule has 40 heavy (non-hydrogen) atoms. The smallest absolute Gasteiger partial charge is 0.133 e. The van der Waals surface area contributed by atoms with Crippen LogP contribution in [0.1, 0.15) is 65.5 Å². The summed E-state index contributed by atoms with van der Waals surface area (Å²) in [7, 11) is 0. The van der Waals surface area contributed by atoms with Crippen molar-refractivity contribution in [1.82, 2.24) is 10.6 Å².